The average molecular weight is 442 g/mol. The van der Waals surface area contributed by atoms with E-state index in [1.54, 1.807) is 42.5 Å². The summed E-state index contributed by atoms with van der Waals surface area (Å²) in [7, 11) is -3.90. The molecule has 0 saturated carbocycles. The zero-order valence-corrected chi connectivity index (χ0v) is 18.0. The van der Waals surface area contributed by atoms with Gasteiger partial charge in [0.2, 0.25) is 5.91 Å². The fourth-order valence-electron chi connectivity index (χ4n) is 2.80. The molecule has 0 radical (unpaired) electrons. The highest BCUT2D eigenvalue weighted by atomic mass is 32.2. The molecule has 1 heterocycles. The molecule has 0 unspecified atom stereocenters. The lowest BCUT2D eigenvalue weighted by molar-refractivity contribution is -0.121. The van der Waals surface area contributed by atoms with Crippen molar-refractivity contribution in [1.82, 2.24) is 10.9 Å². The molecule has 8 nitrogen and oxygen atoms in total. The average Bonchev–Trinajstić information content (AvgIpc) is 3.28. The number of amides is 2. The summed E-state index contributed by atoms with van der Waals surface area (Å²) >= 11 is 0. The number of carbonyl (C=O) groups is 2. The van der Waals surface area contributed by atoms with Crippen LogP contribution in [-0.4, -0.2) is 26.8 Å². The molecule has 0 spiro atoms. The molecule has 31 heavy (non-hydrogen) atoms. The summed E-state index contributed by atoms with van der Waals surface area (Å²) < 4.78 is 32.7. The van der Waals surface area contributed by atoms with Crippen molar-refractivity contribution in [3.05, 3.63) is 83.8 Å². The molecule has 3 aromatic rings. The van der Waals surface area contributed by atoms with Gasteiger partial charge in [-0.1, -0.05) is 35.4 Å². The first kappa shape index (κ1) is 22.1. The Labute approximate surface area is 180 Å². The molecule has 0 fully saturated rings. The zero-order chi connectivity index (χ0) is 22.4. The summed E-state index contributed by atoms with van der Waals surface area (Å²) in [6.07, 6.45) is 1.17. The van der Waals surface area contributed by atoms with Crippen LogP contribution in [0.4, 0.5) is 5.69 Å². The van der Waals surface area contributed by atoms with Crippen molar-refractivity contribution in [2.75, 3.05) is 10.8 Å². The minimum atomic E-state index is -3.90. The summed E-state index contributed by atoms with van der Waals surface area (Å²) in [6.45, 7) is 3.66. The highest BCUT2D eigenvalue weighted by molar-refractivity contribution is 7.92. The summed E-state index contributed by atoms with van der Waals surface area (Å²) in [4.78, 5) is 24.2. The second-order valence-corrected chi connectivity index (χ2v) is 8.82. The predicted molar refractivity (Wildman–Crippen MR) is 116 cm³/mol. The van der Waals surface area contributed by atoms with Gasteiger partial charge in [-0.25, -0.2) is 8.42 Å². The van der Waals surface area contributed by atoms with E-state index in [9.17, 15) is 18.0 Å². The van der Waals surface area contributed by atoms with Gasteiger partial charge in [-0.15, -0.1) is 0 Å². The van der Waals surface area contributed by atoms with E-state index in [4.69, 9.17) is 4.42 Å². The van der Waals surface area contributed by atoms with E-state index in [1.807, 2.05) is 13.8 Å². The van der Waals surface area contributed by atoms with E-state index in [1.165, 1.54) is 28.8 Å². The van der Waals surface area contributed by atoms with Gasteiger partial charge in [0.1, 0.15) is 0 Å². The number of hydrazine groups is 1. The molecule has 2 amide bonds. The summed E-state index contributed by atoms with van der Waals surface area (Å²) in [5, 5.41) is 0. The molecule has 3 rings (SSSR count). The van der Waals surface area contributed by atoms with Gasteiger partial charge in [0.05, 0.1) is 16.8 Å². The number of nitrogens with one attached hydrogen (secondary N) is 2. The molecular formula is C22H23N3O5S. The lowest BCUT2D eigenvalue weighted by Gasteiger charge is -2.24. The highest BCUT2D eigenvalue weighted by Crippen LogP contribution is 2.24. The first-order valence-electron chi connectivity index (χ1n) is 9.56. The van der Waals surface area contributed by atoms with Gasteiger partial charge in [0.15, 0.2) is 5.76 Å². The summed E-state index contributed by atoms with van der Waals surface area (Å²) in [5.41, 5.74) is 6.86. The van der Waals surface area contributed by atoms with Crippen LogP contribution in [0.5, 0.6) is 0 Å². The Hall–Kier alpha value is -3.59. The van der Waals surface area contributed by atoms with Crippen LogP contribution in [0.3, 0.4) is 0 Å². The number of sulfonamides is 1. The Morgan fingerprint density at radius 2 is 1.52 bits per heavy atom. The normalized spacial score (nSPS) is 11.0. The maximum Gasteiger partial charge on any atom is 0.305 e. The second-order valence-electron chi connectivity index (χ2n) is 6.96. The molecule has 2 N–H and O–H groups in total. The number of benzene rings is 2. The number of rotatable bonds is 7. The van der Waals surface area contributed by atoms with E-state index >= 15 is 0 Å². The second kappa shape index (κ2) is 9.48. The van der Waals surface area contributed by atoms with Crippen molar-refractivity contribution in [3.63, 3.8) is 0 Å². The van der Waals surface area contributed by atoms with Crippen LogP contribution in [0.25, 0.3) is 0 Å². The molecule has 1 aromatic heterocycles. The third kappa shape index (κ3) is 5.52. The first-order valence-corrected chi connectivity index (χ1v) is 11.0. The molecule has 162 valence electrons. The number of furan rings is 1. The molecular weight excluding hydrogens is 418 g/mol. The quantitative estimate of drug-likeness (QED) is 0.548. The smallest absolute Gasteiger partial charge is 0.305 e. The lowest BCUT2D eigenvalue weighted by atomic mass is 10.2. The monoisotopic (exact) mass is 441 g/mol. The molecule has 0 bridgehead atoms. The number of hydrogen-bond donors (Lipinski definition) is 2. The number of aryl methyl sites for hydroxylation is 2. The van der Waals surface area contributed by atoms with E-state index in [0.717, 1.165) is 11.1 Å². The molecule has 0 saturated heterocycles. The SMILES string of the molecule is Cc1ccc(N(CCC(=O)NNC(=O)c2ccco2)S(=O)(=O)c2ccc(C)cc2)cc1. The summed E-state index contributed by atoms with van der Waals surface area (Å²) in [6, 6.07) is 16.5. The third-order valence-corrected chi connectivity index (χ3v) is 6.37. The molecule has 9 heteroatoms. The molecule has 0 aliphatic heterocycles. The number of anilines is 1. The van der Waals surface area contributed by atoms with E-state index in [0.29, 0.717) is 5.69 Å². The van der Waals surface area contributed by atoms with Crippen molar-refractivity contribution in [1.29, 1.82) is 0 Å². The molecule has 0 aliphatic rings. The van der Waals surface area contributed by atoms with Crippen LogP contribution in [0.1, 0.15) is 28.1 Å². The van der Waals surface area contributed by atoms with Crippen LogP contribution < -0.4 is 15.2 Å². The summed E-state index contributed by atoms with van der Waals surface area (Å²) in [5.74, 6) is -1.11. The first-order chi connectivity index (χ1) is 14.8. The number of carbonyl (C=O) groups excluding carboxylic acids is 2. The van der Waals surface area contributed by atoms with Crippen molar-refractivity contribution >= 4 is 27.5 Å². The van der Waals surface area contributed by atoms with Gasteiger partial charge in [0.25, 0.3) is 10.0 Å². The van der Waals surface area contributed by atoms with Crippen LogP contribution in [0.2, 0.25) is 0 Å². The maximum absolute atomic E-state index is 13.3. The Morgan fingerprint density at radius 3 is 2.10 bits per heavy atom. The van der Waals surface area contributed by atoms with Crippen LogP contribution >= 0.6 is 0 Å². The van der Waals surface area contributed by atoms with Crippen molar-refractivity contribution in [2.45, 2.75) is 25.2 Å². The van der Waals surface area contributed by atoms with Gasteiger partial charge in [0, 0.05) is 13.0 Å². The Balaban J connectivity index is 1.74. The van der Waals surface area contributed by atoms with Gasteiger partial charge in [-0.2, -0.15) is 0 Å². The third-order valence-electron chi connectivity index (χ3n) is 4.53. The highest BCUT2D eigenvalue weighted by Gasteiger charge is 2.25. The van der Waals surface area contributed by atoms with Crippen LogP contribution in [0, 0.1) is 13.8 Å². The maximum atomic E-state index is 13.3. The van der Waals surface area contributed by atoms with Crippen LogP contribution in [-0.2, 0) is 14.8 Å². The van der Waals surface area contributed by atoms with E-state index < -0.39 is 21.8 Å². The lowest BCUT2D eigenvalue weighted by Crippen LogP contribution is -2.43. The Bertz CT molecular complexity index is 1140. The molecule has 0 atom stereocenters. The fraction of sp³-hybridized carbons (Fsp3) is 0.182. The Kier molecular flexibility index (Phi) is 6.76. The fourth-order valence-corrected chi connectivity index (χ4v) is 4.26. The predicted octanol–water partition coefficient (Wildman–Crippen LogP) is 2.94. The van der Waals surface area contributed by atoms with Gasteiger partial charge in [-0.3, -0.25) is 24.7 Å². The van der Waals surface area contributed by atoms with Gasteiger partial charge >= 0.3 is 5.91 Å². The zero-order valence-electron chi connectivity index (χ0n) is 17.2. The van der Waals surface area contributed by atoms with E-state index in [2.05, 4.69) is 10.9 Å². The van der Waals surface area contributed by atoms with Gasteiger partial charge < -0.3 is 4.42 Å². The van der Waals surface area contributed by atoms with Crippen molar-refractivity contribution in [2.24, 2.45) is 0 Å². The minimum absolute atomic E-state index is 0.0449. The number of nitrogens with zero attached hydrogens (tertiary/aromatic N) is 1. The minimum Gasteiger partial charge on any atom is -0.459 e. The largest absolute Gasteiger partial charge is 0.459 e. The van der Waals surface area contributed by atoms with Crippen molar-refractivity contribution < 1.29 is 22.4 Å². The van der Waals surface area contributed by atoms with Gasteiger partial charge in [-0.05, 0) is 50.2 Å². The number of hydrogen-bond acceptors (Lipinski definition) is 5. The van der Waals surface area contributed by atoms with Crippen LogP contribution in [0.15, 0.2) is 76.2 Å². The topological polar surface area (TPSA) is 109 Å². The standard InChI is InChI=1S/C22H23N3O5S/c1-16-5-9-18(10-6-16)25(31(28,29)19-11-7-17(2)8-12-19)14-13-21(26)23-24-22(27)20-4-3-15-30-20/h3-12,15H,13-14H2,1-2H3,(H,23,26)(H,24,27). The van der Waals surface area contributed by atoms with Crippen molar-refractivity contribution in [3.8, 4) is 0 Å². The molecule has 0 aliphatic carbocycles. The Morgan fingerprint density at radius 1 is 0.903 bits per heavy atom. The van der Waals surface area contributed by atoms with E-state index in [-0.39, 0.29) is 23.6 Å². The molecule has 2 aromatic carbocycles.